The Bertz CT molecular complexity index is 284. The van der Waals surface area contributed by atoms with Crippen molar-refractivity contribution in [1.29, 1.82) is 0 Å². The van der Waals surface area contributed by atoms with Crippen LogP contribution in [0.4, 0.5) is 0 Å². The standard InChI is InChI=1S/C13H20N2/c1-2-11-6-7-12(9-11)15-10-13-5-3-4-8-14-13/h3-5,8,11-12,15H,2,6-7,9-10H2,1H3. The Kier molecular flexibility index (Phi) is 3.73. The van der Waals surface area contributed by atoms with E-state index in [4.69, 9.17) is 0 Å². The van der Waals surface area contributed by atoms with Crippen molar-refractivity contribution >= 4 is 0 Å². The molecule has 1 heterocycles. The molecule has 0 spiro atoms. The van der Waals surface area contributed by atoms with Crippen LogP contribution in [0.3, 0.4) is 0 Å². The molecule has 0 amide bonds. The lowest BCUT2D eigenvalue weighted by atomic mass is 10.1. The Hall–Kier alpha value is -0.890. The summed E-state index contributed by atoms with van der Waals surface area (Å²) in [5.74, 6) is 0.950. The molecule has 2 heteroatoms. The van der Waals surface area contributed by atoms with Gasteiger partial charge >= 0.3 is 0 Å². The normalized spacial score (nSPS) is 25.7. The van der Waals surface area contributed by atoms with Crippen LogP contribution in [0.5, 0.6) is 0 Å². The Morgan fingerprint density at radius 1 is 1.40 bits per heavy atom. The molecule has 1 aromatic rings. The van der Waals surface area contributed by atoms with Crippen LogP contribution in [0, 0.1) is 5.92 Å². The van der Waals surface area contributed by atoms with Gasteiger partial charge in [0.05, 0.1) is 5.69 Å². The fourth-order valence-electron chi connectivity index (χ4n) is 2.38. The quantitative estimate of drug-likeness (QED) is 0.815. The molecule has 1 N–H and O–H groups in total. The van der Waals surface area contributed by atoms with E-state index >= 15 is 0 Å². The first kappa shape index (κ1) is 10.6. The topological polar surface area (TPSA) is 24.9 Å². The summed E-state index contributed by atoms with van der Waals surface area (Å²) < 4.78 is 0. The highest BCUT2D eigenvalue weighted by Crippen LogP contribution is 2.27. The van der Waals surface area contributed by atoms with Crippen LogP contribution in [0.15, 0.2) is 24.4 Å². The number of nitrogens with zero attached hydrogens (tertiary/aromatic N) is 1. The van der Waals surface area contributed by atoms with Crippen molar-refractivity contribution in [2.45, 2.75) is 45.2 Å². The predicted molar refractivity (Wildman–Crippen MR) is 62.5 cm³/mol. The van der Waals surface area contributed by atoms with Crippen molar-refractivity contribution < 1.29 is 0 Å². The zero-order valence-corrected chi connectivity index (χ0v) is 9.45. The minimum absolute atomic E-state index is 0.719. The van der Waals surface area contributed by atoms with Gasteiger partial charge in [-0.25, -0.2) is 0 Å². The Balaban J connectivity index is 1.75. The second-order valence-corrected chi connectivity index (χ2v) is 4.49. The van der Waals surface area contributed by atoms with E-state index in [1.807, 2.05) is 18.3 Å². The van der Waals surface area contributed by atoms with Gasteiger partial charge in [0, 0.05) is 18.8 Å². The molecule has 1 saturated carbocycles. The van der Waals surface area contributed by atoms with Crippen LogP contribution in [0.1, 0.15) is 38.3 Å². The third kappa shape index (κ3) is 3.03. The molecule has 1 aromatic heterocycles. The lowest BCUT2D eigenvalue weighted by molar-refractivity contribution is 0.474. The minimum Gasteiger partial charge on any atom is -0.308 e. The van der Waals surface area contributed by atoms with Gasteiger partial charge in [-0.1, -0.05) is 19.4 Å². The molecule has 0 aromatic carbocycles. The smallest absolute Gasteiger partial charge is 0.0541 e. The van der Waals surface area contributed by atoms with Crippen molar-refractivity contribution in [3.05, 3.63) is 30.1 Å². The van der Waals surface area contributed by atoms with Gasteiger partial charge in [-0.05, 0) is 37.3 Å². The maximum absolute atomic E-state index is 4.32. The monoisotopic (exact) mass is 204 g/mol. The molecule has 82 valence electrons. The fourth-order valence-corrected chi connectivity index (χ4v) is 2.38. The third-order valence-electron chi connectivity index (χ3n) is 3.42. The molecule has 2 atom stereocenters. The number of hydrogen-bond acceptors (Lipinski definition) is 2. The first-order chi connectivity index (χ1) is 7.38. The SMILES string of the molecule is CCC1CCC(NCc2ccccn2)C1. The fraction of sp³-hybridized carbons (Fsp3) is 0.615. The van der Waals surface area contributed by atoms with Gasteiger partial charge < -0.3 is 5.32 Å². The van der Waals surface area contributed by atoms with Crippen molar-refractivity contribution in [2.24, 2.45) is 5.92 Å². The van der Waals surface area contributed by atoms with Crippen LogP contribution in [-0.2, 0) is 6.54 Å². The van der Waals surface area contributed by atoms with Crippen LogP contribution < -0.4 is 5.32 Å². The highest BCUT2D eigenvalue weighted by Gasteiger charge is 2.22. The van der Waals surface area contributed by atoms with E-state index in [9.17, 15) is 0 Å². The Labute approximate surface area is 92.1 Å². The van der Waals surface area contributed by atoms with Gasteiger partial charge in [-0.2, -0.15) is 0 Å². The van der Waals surface area contributed by atoms with Gasteiger partial charge in [0.25, 0.3) is 0 Å². The molecule has 1 aliphatic rings. The highest BCUT2D eigenvalue weighted by molar-refractivity contribution is 5.03. The molecule has 1 aliphatic carbocycles. The minimum atomic E-state index is 0.719. The summed E-state index contributed by atoms with van der Waals surface area (Å²) in [6, 6.07) is 6.82. The van der Waals surface area contributed by atoms with Crippen molar-refractivity contribution in [3.8, 4) is 0 Å². The lowest BCUT2D eigenvalue weighted by Crippen LogP contribution is -2.26. The highest BCUT2D eigenvalue weighted by atomic mass is 14.9. The molecule has 2 nitrogen and oxygen atoms in total. The molecule has 2 rings (SSSR count). The summed E-state index contributed by atoms with van der Waals surface area (Å²) in [7, 11) is 0. The Morgan fingerprint density at radius 2 is 2.33 bits per heavy atom. The van der Waals surface area contributed by atoms with Gasteiger partial charge in [-0.3, -0.25) is 4.98 Å². The molecule has 0 bridgehead atoms. The molecular weight excluding hydrogens is 184 g/mol. The van der Waals surface area contributed by atoms with Crippen LogP contribution in [-0.4, -0.2) is 11.0 Å². The maximum Gasteiger partial charge on any atom is 0.0541 e. The van der Waals surface area contributed by atoms with E-state index in [1.54, 1.807) is 0 Å². The van der Waals surface area contributed by atoms with Crippen molar-refractivity contribution in [1.82, 2.24) is 10.3 Å². The number of hydrogen-bond donors (Lipinski definition) is 1. The summed E-state index contributed by atoms with van der Waals surface area (Å²) in [6.45, 7) is 3.22. The predicted octanol–water partition coefficient (Wildman–Crippen LogP) is 2.75. The largest absolute Gasteiger partial charge is 0.308 e. The second-order valence-electron chi connectivity index (χ2n) is 4.49. The molecule has 0 aliphatic heterocycles. The van der Waals surface area contributed by atoms with Crippen LogP contribution >= 0.6 is 0 Å². The van der Waals surface area contributed by atoms with E-state index in [1.165, 1.54) is 25.7 Å². The first-order valence-electron chi connectivity index (χ1n) is 6.01. The summed E-state index contributed by atoms with van der Waals surface area (Å²) in [6.07, 6.45) is 7.29. The Morgan fingerprint density at radius 3 is 3.00 bits per heavy atom. The summed E-state index contributed by atoms with van der Waals surface area (Å²) in [5.41, 5.74) is 1.15. The second kappa shape index (κ2) is 5.26. The molecule has 0 radical (unpaired) electrons. The van der Waals surface area contributed by atoms with Crippen molar-refractivity contribution in [3.63, 3.8) is 0 Å². The molecule has 15 heavy (non-hydrogen) atoms. The van der Waals surface area contributed by atoms with E-state index in [-0.39, 0.29) is 0 Å². The average molecular weight is 204 g/mol. The maximum atomic E-state index is 4.32. The van der Waals surface area contributed by atoms with Gasteiger partial charge in [0.15, 0.2) is 0 Å². The number of nitrogens with one attached hydrogen (secondary N) is 1. The van der Waals surface area contributed by atoms with Crippen molar-refractivity contribution in [2.75, 3.05) is 0 Å². The molecular formula is C13H20N2. The van der Waals surface area contributed by atoms with E-state index in [2.05, 4.69) is 23.3 Å². The zero-order chi connectivity index (χ0) is 10.5. The summed E-state index contributed by atoms with van der Waals surface area (Å²) >= 11 is 0. The van der Waals surface area contributed by atoms with E-state index in [0.717, 1.165) is 24.2 Å². The summed E-state index contributed by atoms with van der Waals surface area (Å²) in [4.78, 5) is 4.32. The van der Waals surface area contributed by atoms with Gasteiger partial charge in [0.2, 0.25) is 0 Å². The molecule has 1 fully saturated rings. The number of rotatable bonds is 4. The average Bonchev–Trinajstić information content (AvgIpc) is 2.76. The van der Waals surface area contributed by atoms with Gasteiger partial charge in [0.1, 0.15) is 0 Å². The zero-order valence-electron chi connectivity index (χ0n) is 9.45. The lowest BCUT2D eigenvalue weighted by Gasteiger charge is -2.12. The van der Waals surface area contributed by atoms with E-state index in [0.29, 0.717) is 0 Å². The first-order valence-corrected chi connectivity index (χ1v) is 6.01. The number of pyridine rings is 1. The van der Waals surface area contributed by atoms with Crippen LogP contribution in [0.2, 0.25) is 0 Å². The molecule has 0 saturated heterocycles. The van der Waals surface area contributed by atoms with Gasteiger partial charge in [-0.15, -0.1) is 0 Å². The molecule has 2 unspecified atom stereocenters. The summed E-state index contributed by atoms with van der Waals surface area (Å²) in [5, 5.41) is 3.60. The number of aromatic nitrogens is 1. The van der Waals surface area contributed by atoms with E-state index < -0.39 is 0 Å². The van der Waals surface area contributed by atoms with Crippen LogP contribution in [0.25, 0.3) is 0 Å². The third-order valence-corrected chi connectivity index (χ3v) is 3.42.